The molecule has 0 fully saturated rings. The largest absolute Gasteiger partial charge is 0.367 e. The summed E-state index contributed by atoms with van der Waals surface area (Å²) in [6, 6.07) is 3.67. The fourth-order valence-electron chi connectivity index (χ4n) is 2.28. The van der Waals surface area contributed by atoms with Gasteiger partial charge in [-0.05, 0) is 32.0 Å². The van der Waals surface area contributed by atoms with Crippen LogP contribution in [-0.4, -0.2) is 16.1 Å². The van der Waals surface area contributed by atoms with Crippen LogP contribution in [0, 0.1) is 19.7 Å². The van der Waals surface area contributed by atoms with Crippen LogP contribution in [0.3, 0.4) is 0 Å². The van der Waals surface area contributed by atoms with E-state index in [-0.39, 0.29) is 11.7 Å². The van der Waals surface area contributed by atoms with Crippen molar-refractivity contribution in [2.75, 3.05) is 10.6 Å². The maximum Gasteiger partial charge on any atom is 0.251 e. The number of rotatable bonds is 2. The number of carbonyl (C=O) groups is 1. The van der Waals surface area contributed by atoms with Crippen LogP contribution in [-0.2, 0) is 4.79 Å². The fraction of sp³-hybridized carbons (Fsp3) is 0.231. The molecular formula is C13H13FN4O. The Kier molecular flexibility index (Phi) is 2.51. The highest BCUT2D eigenvalue weighted by Gasteiger charge is 2.31. The number of aromatic nitrogens is 2. The highest BCUT2D eigenvalue weighted by Crippen LogP contribution is 2.34. The molecule has 1 unspecified atom stereocenters. The van der Waals surface area contributed by atoms with Gasteiger partial charge >= 0.3 is 0 Å². The van der Waals surface area contributed by atoms with Gasteiger partial charge in [-0.2, -0.15) is 5.10 Å². The van der Waals surface area contributed by atoms with Gasteiger partial charge < -0.3 is 10.6 Å². The number of aromatic amines is 1. The number of halogens is 1. The van der Waals surface area contributed by atoms with E-state index in [2.05, 4.69) is 20.8 Å². The number of carbonyl (C=O) groups excluding carboxylic acids is 1. The van der Waals surface area contributed by atoms with Crippen LogP contribution in [0.1, 0.15) is 23.0 Å². The SMILES string of the molecule is Cc1n[nH]c(C)c1NC1C(=O)Nc2ccc(F)cc21. The molecule has 1 atom stereocenters. The van der Waals surface area contributed by atoms with E-state index in [4.69, 9.17) is 0 Å². The first-order chi connectivity index (χ1) is 9.06. The van der Waals surface area contributed by atoms with Crippen LogP contribution < -0.4 is 10.6 Å². The number of amides is 1. The van der Waals surface area contributed by atoms with Crippen molar-refractivity contribution >= 4 is 17.3 Å². The normalized spacial score (nSPS) is 17.2. The highest BCUT2D eigenvalue weighted by molar-refractivity contribution is 6.04. The Balaban J connectivity index is 1.99. The third-order valence-electron chi connectivity index (χ3n) is 3.26. The first-order valence-electron chi connectivity index (χ1n) is 5.94. The number of nitrogens with zero attached hydrogens (tertiary/aromatic N) is 1. The molecule has 6 heteroatoms. The molecule has 0 saturated carbocycles. The molecule has 0 radical (unpaired) electrons. The summed E-state index contributed by atoms with van der Waals surface area (Å²) in [7, 11) is 0. The molecule has 1 aromatic heterocycles. The molecule has 5 nitrogen and oxygen atoms in total. The van der Waals surface area contributed by atoms with Crippen LogP contribution in [0.5, 0.6) is 0 Å². The van der Waals surface area contributed by atoms with Gasteiger partial charge in [-0.1, -0.05) is 0 Å². The van der Waals surface area contributed by atoms with E-state index in [1.807, 2.05) is 13.8 Å². The maximum absolute atomic E-state index is 13.3. The lowest BCUT2D eigenvalue weighted by Crippen LogP contribution is -2.20. The summed E-state index contributed by atoms with van der Waals surface area (Å²) in [5.41, 5.74) is 3.65. The summed E-state index contributed by atoms with van der Waals surface area (Å²) in [4.78, 5) is 12.0. The number of aryl methyl sites for hydroxylation is 2. The number of benzene rings is 1. The van der Waals surface area contributed by atoms with Crippen molar-refractivity contribution in [3.63, 3.8) is 0 Å². The van der Waals surface area contributed by atoms with Gasteiger partial charge in [-0.3, -0.25) is 9.89 Å². The third kappa shape index (κ3) is 1.85. The summed E-state index contributed by atoms with van der Waals surface area (Å²) < 4.78 is 13.3. The first-order valence-corrected chi connectivity index (χ1v) is 5.94. The molecule has 2 aromatic rings. The minimum atomic E-state index is -0.597. The second-order valence-electron chi connectivity index (χ2n) is 4.61. The number of hydrogen-bond donors (Lipinski definition) is 3. The number of fused-ring (bicyclic) bond motifs is 1. The molecule has 3 N–H and O–H groups in total. The minimum Gasteiger partial charge on any atom is -0.367 e. The summed E-state index contributed by atoms with van der Waals surface area (Å²) >= 11 is 0. The van der Waals surface area contributed by atoms with E-state index in [9.17, 15) is 9.18 Å². The van der Waals surface area contributed by atoms with E-state index in [1.165, 1.54) is 12.1 Å². The average molecular weight is 260 g/mol. The van der Waals surface area contributed by atoms with Gasteiger partial charge in [0.1, 0.15) is 11.9 Å². The Morgan fingerprint density at radius 3 is 2.84 bits per heavy atom. The monoisotopic (exact) mass is 260 g/mol. The van der Waals surface area contributed by atoms with Crippen LogP contribution >= 0.6 is 0 Å². The van der Waals surface area contributed by atoms with Crippen LogP contribution in [0.15, 0.2) is 18.2 Å². The van der Waals surface area contributed by atoms with Crippen molar-refractivity contribution < 1.29 is 9.18 Å². The van der Waals surface area contributed by atoms with Crippen LogP contribution in [0.25, 0.3) is 0 Å². The molecule has 1 aliphatic rings. The van der Waals surface area contributed by atoms with Gasteiger partial charge in [0.2, 0.25) is 0 Å². The Bertz CT molecular complexity index is 645. The zero-order valence-electron chi connectivity index (χ0n) is 10.5. The minimum absolute atomic E-state index is 0.194. The average Bonchev–Trinajstić information content (AvgIpc) is 2.84. The van der Waals surface area contributed by atoms with E-state index in [0.717, 1.165) is 17.1 Å². The van der Waals surface area contributed by atoms with Crippen molar-refractivity contribution in [3.05, 3.63) is 41.0 Å². The van der Waals surface area contributed by atoms with Crippen LogP contribution in [0.2, 0.25) is 0 Å². The molecule has 0 saturated heterocycles. The van der Waals surface area contributed by atoms with E-state index >= 15 is 0 Å². The lowest BCUT2D eigenvalue weighted by Gasteiger charge is -2.13. The van der Waals surface area contributed by atoms with E-state index < -0.39 is 6.04 Å². The van der Waals surface area contributed by atoms with Crippen molar-refractivity contribution in [1.29, 1.82) is 0 Å². The fourth-order valence-corrected chi connectivity index (χ4v) is 2.28. The summed E-state index contributed by atoms with van der Waals surface area (Å²) in [5.74, 6) is -0.553. The number of anilines is 2. The smallest absolute Gasteiger partial charge is 0.251 e. The van der Waals surface area contributed by atoms with Crippen LogP contribution in [0.4, 0.5) is 15.8 Å². The number of nitrogens with one attached hydrogen (secondary N) is 3. The van der Waals surface area contributed by atoms with Gasteiger partial charge in [-0.25, -0.2) is 4.39 Å². The molecule has 0 spiro atoms. The Morgan fingerprint density at radius 2 is 2.16 bits per heavy atom. The van der Waals surface area contributed by atoms with E-state index in [0.29, 0.717) is 11.3 Å². The molecule has 3 rings (SSSR count). The zero-order valence-corrected chi connectivity index (χ0v) is 10.5. The molecule has 1 amide bonds. The van der Waals surface area contributed by atoms with Crippen molar-refractivity contribution in [2.24, 2.45) is 0 Å². The highest BCUT2D eigenvalue weighted by atomic mass is 19.1. The van der Waals surface area contributed by atoms with Crippen molar-refractivity contribution in [3.8, 4) is 0 Å². The first kappa shape index (κ1) is 11.7. The summed E-state index contributed by atoms with van der Waals surface area (Å²) in [5, 5.41) is 12.8. The topological polar surface area (TPSA) is 69.8 Å². The van der Waals surface area contributed by atoms with Gasteiger partial charge in [0.25, 0.3) is 5.91 Å². The van der Waals surface area contributed by atoms with Gasteiger partial charge in [-0.15, -0.1) is 0 Å². The molecule has 0 bridgehead atoms. The van der Waals surface area contributed by atoms with Gasteiger partial charge in [0, 0.05) is 11.3 Å². The van der Waals surface area contributed by atoms with Gasteiger partial charge in [0.05, 0.1) is 17.1 Å². The predicted molar refractivity (Wildman–Crippen MR) is 69.5 cm³/mol. The molecule has 0 aliphatic carbocycles. The lowest BCUT2D eigenvalue weighted by atomic mass is 10.1. The van der Waals surface area contributed by atoms with E-state index in [1.54, 1.807) is 6.07 Å². The summed E-state index contributed by atoms with van der Waals surface area (Å²) in [6.07, 6.45) is 0. The lowest BCUT2D eigenvalue weighted by molar-refractivity contribution is -0.116. The Labute approximate surface area is 109 Å². The third-order valence-corrected chi connectivity index (χ3v) is 3.26. The summed E-state index contributed by atoms with van der Waals surface area (Å²) in [6.45, 7) is 3.70. The maximum atomic E-state index is 13.3. The second kappa shape index (κ2) is 4.08. The molecular weight excluding hydrogens is 247 g/mol. The van der Waals surface area contributed by atoms with Gasteiger partial charge in [0.15, 0.2) is 0 Å². The standard InChI is InChI=1S/C13H13FN4O/c1-6-11(7(2)18-17-6)16-12-9-5-8(14)3-4-10(9)15-13(12)19/h3-5,12,16H,1-2H3,(H,15,19)(H,17,18). The molecule has 1 aromatic carbocycles. The molecule has 19 heavy (non-hydrogen) atoms. The van der Waals surface area contributed by atoms with Crippen molar-refractivity contribution in [1.82, 2.24) is 10.2 Å². The number of hydrogen-bond acceptors (Lipinski definition) is 3. The second-order valence-corrected chi connectivity index (χ2v) is 4.61. The Morgan fingerprint density at radius 1 is 1.37 bits per heavy atom. The molecule has 1 aliphatic heterocycles. The van der Waals surface area contributed by atoms with Crippen molar-refractivity contribution in [2.45, 2.75) is 19.9 Å². The zero-order chi connectivity index (χ0) is 13.6. The Hall–Kier alpha value is -2.37. The number of H-pyrrole nitrogens is 1. The predicted octanol–water partition coefficient (Wildman–Crippen LogP) is 2.27. The quantitative estimate of drug-likeness (QED) is 0.775. The molecule has 2 heterocycles. The molecule has 98 valence electrons.